The average Bonchev–Trinajstić information content (AvgIpc) is 2.61. The molecule has 0 fully saturated rings. The largest absolute Gasteiger partial charge is 0.398 e. The van der Waals surface area contributed by atoms with Gasteiger partial charge in [-0.3, -0.25) is 9.48 Å². The molecule has 0 unspecified atom stereocenters. The van der Waals surface area contributed by atoms with E-state index in [9.17, 15) is 4.79 Å². The van der Waals surface area contributed by atoms with Gasteiger partial charge in [0.1, 0.15) is 0 Å². The maximum absolute atomic E-state index is 12.2. The second kappa shape index (κ2) is 5.36. The molecule has 0 bridgehead atoms. The van der Waals surface area contributed by atoms with Crippen molar-refractivity contribution in [1.82, 2.24) is 15.1 Å². The number of hydrogen-bond donors (Lipinski definition) is 2. The van der Waals surface area contributed by atoms with Crippen LogP contribution in [0.2, 0.25) is 0 Å². The minimum atomic E-state index is -0.162. The average molecular weight is 272 g/mol. The van der Waals surface area contributed by atoms with E-state index < -0.39 is 0 Å². The van der Waals surface area contributed by atoms with Crippen molar-refractivity contribution in [3.63, 3.8) is 0 Å². The molecule has 1 heterocycles. The molecule has 2 aromatic rings. The number of nitrogens with one attached hydrogen (secondary N) is 1. The molecule has 0 aliphatic heterocycles. The number of hydrogen-bond acceptors (Lipinski definition) is 3. The van der Waals surface area contributed by atoms with E-state index >= 15 is 0 Å². The minimum absolute atomic E-state index is 0.162. The predicted octanol–water partition coefficient (Wildman–Crippen LogP) is 1.86. The van der Waals surface area contributed by atoms with Crippen LogP contribution in [0.5, 0.6) is 0 Å². The monoisotopic (exact) mass is 272 g/mol. The van der Waals surface area contributed by atoms with Crippen LogP contribution in [0.25, 0.3) is 0 Å². The molecule has 5 heteroatoms. The highest BCUT2D eigenvalue weighted by Gasteiger charge is 2.13. The molecule has 0 atom stereocenters. The van der Waals surface area contributed by atoms with Crippen molar-refractivity contribution in [2.75, 3.05) is 5.73 Å². The number of aryl methyl sites for hydroxylation is 3. The van der Waals surface area contributed by atoms with Gasteiger partial charge < -0.3 is 11.1 Å². The highest BCUT2D eigenvalue weighted by atomic mass is 16.1. The molecule has 0 saturated carbocycles. The van der Waals surface area contributed by atoms with Crippen molar-refractivity contribution in [2.45, 2.75) is 27.3 Å². The SMILES string of the molecule is Cc1ccc(C(=O)NCc2c(C)nn(C)c2C)c(N)c1. The summed E-state index contributed by atoms with van der Waals surface area (Å²) in [5.74, 6) is -0.162. The number of benzene rings is 1. The van der Waals surface area contributed by atoms with Crippen LogP contribution < -0.4 is 11.1 Å². The zero-order valence-corrected chi connectivity index (χ0v) is 12.3. The van der Waals surface area contributed by atoms with Crippen molar-refractivity contribution >= 4 is 11.6 Å². The molecule has 0 radical (unpaired) electrons. The van der Waals surface area contributed by atoms with Crippen molar-refractivity contribution < 1.29 is 4.79 Å². The van der Waals surface area contributed by atoms with Gasteiger partial charge in [-0.1, -0.05) is 6.07 Å². The third kappa shape index (κ3) is 2.66. The fourth-order valence-electron chi connectivity index (χ4n) is 2.23. The normalized spacial score (nSPS) is 10.6. The van der Waals surface area contributed by atoms with Crippen molar-refractivity contribution in [2.24, 2.45) is 7.05 Å². The van der Waals surface area contributed by atoms with Crippen LogP contribution in [0.1, 0.15) is 32.9 Å². The van der Waals surface area contributed by atoms with E-state index in [0.717, 1.165) is 22.5 Å². The molecular formula is C15H20N4O. The summed E-state index contributed by atoms with van der Waals surface area (Å²) in [6.45, 7) is 6.33. The van der Waals surface area contributed by atoms with Gasteiger partial charge in [0.15, 0.2) is 0 Å². The third-order valence-corrected chi connectivity index (χ3v) is 3.54. The number of amides is 1. The van der Waals surface area contributed by atoms with Crippen LogP contribution >= 0.6 is 0 Å². The highest BCUT2D eigenvalue weighted by molar-refractivity contribution is 5.99. The van der Waals surface area contributed by atoms with Gasteiger partial charge in [0.2, 0.25) is 0 Å². The fraction of sp³-hybridized carbons (Fsp3) is 0.333. The van der Waals surface area contributed by atoms with Crippen LogP contribution in [-0.2, 0) is 13.6 Å². The van der Waals surface area contributed by atoms with Gasteiger partial charge in [-0.05, 0) is 38.5 Å². The fourth-order valence-corrected chi connectivity index (χ4v) is 2.23. The Bertz CT molecular complexity index is 658. The first-order chi connectivity index (χ1) is 9.40. The van der Waals surface area contributed by atoms with Crippen LogP contribution in [-0.4, -0.2) is 15.7 Å². The van der Waals surface area contributed by atoms with Crippen molar-refractivity contribution in [1.29, 1.82) is 0 Å². The van der Waals surface area contributed by atoms with Crippen molar-refractivity contribution in [3.05, 3.63) is 46.3 Å². The van der Waals surface area contributed by atoms with Gasteiger partial charge in [-0.2, -0.15) is 5.10 Å². The van der Waals surface area contributed by atoms with Crippen LogP contribution in [0.3, 0.4) is 0 Å². The topological polar surface area (TPSA) is 72.9 Å². The van der Waals surface area contributed by atoms with Gasteiger partial charge in [0, 0.05) is 30.5 Å². The predicted molar refractivity (Wildman–Crippen MR) is 79.4 cm³/mol. The van der Waals surface area contributed by atoms with E-state index in [4.69, 9.17) is 5.73 Å². The molecule has 0 aliphatic rings. The lowest BCUT2D eigenvalue weighted by atomic mass is 10.1. The molecule has 1 aromatic heterocycles. The van der Waals surface area contributed by atoms with Gasteiger partial charge >= 0.3 is 0 Å². The van der Waals surface area contributed by atoms with Gasteiger partial charge in [0.25, 0.3) is 5.91 Å². The Morgan fingerprint density at radius 3 is 2.60 bits per heavy atom. The summed E-state index contributed by atoms with van der Waals surface area (Å²) >= 11 is 0. The first kappa shape index (κ1) is 14.1. The van der Waals surface area contributed by atoms with E-state index in [1.165, 1.54) is 0 Å². The van der Waals surface area contributed by atoms with Gasteiger partial charge in [-0.15, -0.1) is 0 Å². The van der Waals surface area contributed by atoms with E-state index in [0.29, 0.717) is 17.8 Å². The minimum Gasteiger partial charge on any atom is -0.398 e. The van der Waals surface area contributed by atoms with Crippen LogP contribution in [0, 0.1) is 20.8 Å². The maximum atomic E-state index is 12.2. The lowest BCUT2D eigenvalue weighted by Gasteiger charge is -2.08. The summed E-state index contributed by atoms with van der Waals surface area (Å²) in [5.41, 5.74) is 11.0. The molecule has 2 rings (SSSR count). The quantitative estimate of drug-likeness (QED) is 0.838. The lowest BCUT2D eigenvalue weighted by Crippen LogP contribution is -2.24. The summed E-state index contributed by atoms with van der Waals surface area (Å²) < 4.78 is 1.82. The smallest absolute Gasteiger partial charge is 0.253 e. The van der Waals surface area contributed by atoms with E-state index in [1.54, 1.807) is 12.1 Å². The van der Waals surface area contributed by atoms with Crippen LogP contribution in [0.4, 0.5) is 5.69 Å². The second-order valence-electron chi connectivity index (χ2n) is 5.05. The zero-order valence-electron chi connectivity index (χ0n) is 12.3. The van der Waals surface area contributed by atoms with E-state index in [1.807, 2.05) is 38.6 Å². The number of nitrogen functional groups attached to an aromatic ring is 1. The molecule has 0 spiro atoms. The van der Waals surface area contributed by atoms with Crippen LogP contribution in [0.15, 0.2) is 18.2 Å². The molecule has 20 heavy (non-hydrogen) atoms. The number of nitrogens with two attached hydrogens (primary N) is 1. The summed E-state index contributed by atoms with van der Waals surface area (Å²) in [5, 5.41) is 7.23. The number of carbonyl (C=O) groups excluding carboxylic acids is 1. The Balaban J connectivity index is 2.12. The third-order valence-electron chi connectivity index (χ3n) is 3.54. The lowest BCUT2D eigenvalue weighted by molar-refractivity contribution is 0.0951. The number of anilines is 1. The summed E-state index contributed by atoms with van der Waals surface area (Å²) in [6.07, 6.45) is 0. The standard InChI is InChI=1S/C15H20N4O/c1-9-5-6-12(14(16)7-9)15(20)17-8-13-10(2)18-19(4)11(13)3/h5-7H,8,16H2,1-4H3,(H,17,20). The molecule has 1 aromatic carbocycles. The summed E-state index contributed by atoms with van der Waals surface area (Å²) in [4.78, 5) is 12.2. The summed E-state index contributed by atoms with van der Waals surface area (Å²) in [7, 11) is 1.89. The molecular weight excluding hydrogens is 252 g/mol. The molecule has 1 amide bonds. The summed E-state index contributed by atoms with van der Waals surface area (Å²) in [6, 6.07) is 5.43. The van der Waals surface area contributed by atoms with E-state index in [-0.39, 0.29) is 5.91 Å². The first-order valence-electron chi connectivity index (χ1n) is 6.53. The van der Waals surface area contributed by atoms with Crippen molar-refractivity contribution in [3.8, 4) is 0 Å². The number of carbonyl (C=O) groups is 1. The van der Waals surface area contributed by atoms with Gasteiger partial charge in [0.05, 0.1) is 11.3 Å². The van der Waals surface area contributed by atoms with Gasteiger partial charge in [-0.25, -0.2) is 0 Å². The molecule has 0 aliphatic carbocycles. The Hall–Kier alpha value is -2.30. The Kier molecular flexibility index (Phi) is 3.79. The number of aromatic nitrogens is 2. The Morgan fingerprint density at radius 1 is 1.35 bits per heavy atom. The molecule has 0 saturated heterocycles. The first-order valence-corrected chi connectivity index (χ1v) is 6.53. The molecule has 106 valence electrons. The zero-order chi connectivity index (χ0) is 14.9. The maximum Gasteiger partial charge on any atom is 0.253 e. The van der Waals surface area contributed by atoms with E-state index in [2.05, 4.69) is 10.4 Å². The Morgan fingerprint density at radius 2 is 2.05 bits per heavy atom. The highest BCUT2D eigenvalue weighted by Crippen LogP contribution is 2.15. The Labute approximate surface area is 118 Å². The molecule has 5 nitrogen and oxygen atoms in total. The second-order valence-corrected chi connectivity index (χ2v) is 5.05. The number of nitrogens with zero attached hydrogens (tertiary/aromatic N) is 2. The number of rotatable bonds is 3. The molecule has 3 N–H and O–H groups in total.